The number of hydrogen-bond donors (Lipinski definition) is 2. The van der Waals surface area contributed by atoms with Crippen LogP contribution in [0.3, 0.4) is 0 Å². The number of Topliss-reactive ketones (excluding diaryl/α,β-unsaturated/α-hetero) is 1. The predicted octanol–water partition coefficient (Wildman–Crippen LogP) is 1.09. The van der Waals surface area contributed by atoms with E-state index in [1.807, 2.05) is 4.90 Å². The van der Waals surface area contributed by atoms with Crippen molar-refractivity contribution in [1.29, 1.82) is 0 Å². The van der Waals surface area contributed by atoms with Crippen LogP contribution in [0.25, 0.3) is 0 Å². The molecule has 1 aliphatic heterocycles. The second kappa shape index (κ2) is 7.54. The van der Waals surface area contributed by atoms with Crippen LogP contribution in [0, 0.1) is 0 Å². The first-order valence-corrected chi connectivity index (χ1v) is 7.37. The molecule has 1 aromatic rings. The van der Waals surface area contributed by atoms with E-state index < -0.39 is 6.10 Å². The van der Waals surface area contributed by atoms with E-state index in [1.165, 1.54) is 6.92 Å². The van der Waals surface area contributed by atoms with Gasteiger partial charge in [-0.15, -0.1) is 0 Å². The molecule has 1 heterocycles. The maximum atomic E-state index is 11.3. The summed E-state index contributed by atoms with van der Waals surface area (Å²) >= 11 is 0. The first-order chi connectivity index (χ1) is 10.0. The van der Waals surface area contributed by atoms with E-state index in [9.17, 15) is 15.0 Å². The topological polar surface area (TPSA) is 70.0 Å². The second-order valence-corrected chi connectivity index (χ2v) is 5.60. The summed E-state index contributed by atoms with van der Waals surface area (Å²) in [7, 11) is 0. The van der Waals surface area contributed by atoms with Crippen LogP contribution in [-0.4, -0.2) is 59.3 Å². The molecule has 0 aromatic heterocycles. The van der Waals surface area contributed by atoms with Crippen LogP contribution in [0.15, 0.2) is 24.3 Å². The van der Waals surface area contributed by atoms with E-state index in [-0.39, 0.29) is 18.5 Å². The Morgan fingerprint density at radius 3 is 3.05 bits per heavy atom. The molecule has 0 saturated carbocycles. The Bertz CT molecular complexity index is 477. The molecule has 1 saturated heterocycles. The smallest absolute Gasteiger partial charge is 0.159 e. The predicted molar refractivity (Wildman–Crippen MR) is 79.6 cm³/mol. The summed E-state index contributed by atoms with van der Waals surface area (Å²) in [6.07, 6.45) is 0.881. The highest BCUT2D eigenvalue weighted by Gasteiger charge is 2.20. The number of carbonyl (C=O) groups is 1. The van der Waals surface area contributed by atoms with Crippen LogP contribution < -0.4 is 4.74 Å². The largest absolute Gasteiger partial charge is 0.491 e. The maximum Gasteiger partial charge on any atom is 0.159 e. The van der Waals surface area contributed by atoms with E-state index >= 15 is 0 Å². The third kappa shape index (κ3) is 5.12. The van der Waals surface area contributed by atoms with Gasteiger partial charge in [0.25, 0.3) is 0 Å². The Kier molecular flexibility index (Phi) is 5.73. The summed E-state index contributed by atoms with van der Waals surface area (Å²) in [6.45, 7) is 3.68. The summed E-state index contributed by atoms with van der Waals surface area (Å²) in [4.78, 5) is 13.3. The number of likely N-dealkylation sites (tertiary alicyclic amines) is 1. The quantitative estimate of drug-likeness (QED) is 0.768. The fourth-order valence-electron chi connectivity index (χ4n) is 2.54. The van der Waals surface area contributed by atoms with Crippen molar-refractivity contribution in [3.8, 4) is 5.75 Å². The first kappa shape index (κ1) is 15.9. The van der Waals surface area contributed by atoms with Crippen LogP contribution in [0.4, 0.5) is 0 Å². The summed E-state index contributed by atoms with van der Waals surface area (Å²) in [5.41, 5.74) is 0.598. The normalized spacial score (nSPS) is 21.0. The maximum absolute atomic E-state index is 11.3. The highest BCUT2D eigenvalue weighted by atomic mass is 16.5. The van der Waals surface area contributed by atoms with Crippen LogP contribution in [0.5, 0.6) is 5.75 Å². The molecular weight excluding hydrogens is 270 g/mol. The lowest BCUT2D eigenvalue weighted by atomic mass is 10.1. The number of rotatable bonds is 6. The number of ketones is 1. The number of nitrogens with zero attached hydrogens (tertiary/aromatic N) is 1. The van der Waals surface area contributed by atoms with Gasteiger partial charge in [0.05, 0.1) is 6.10 Å². The molecule has 1 fully saturated rings. The molecule has 0 amide bonds. The third-order valence-corrected chi connectivity index (χ3v) is 3.63. The molecule has 0 radical (unpaired) electrons. The molecule has 5 heteroatoms. The summed E-state index contributed by atoms with van der Waals surface area (Å²) in [5, 5.41) is 19.6. The van der Waals surface area contributed by atoms with Crippen molar-refractivity contribution in [1.82, 2.24) is 4.90 Å². The SMILES string of the molecule is CC(=O)c1cccc(OC[C@H](O)CN2CCC[C@@H](O)C2)c1. The van der Waals surface area contributed by atoms with Crippen LogP contribution in [0.2, 0.25) is 0 Å². The van der Waals surface area contributed by atoms with Crippen LogP contribution in [0.1, 0.15) is 30.1 Å². The molecule has 116 valence electrons. The van der Waals surface area contributed by atoms with Gasteiger partial charge >= 0.3 is 0 Å². The Labute approximate surface area is 125 Å². The molecule has 0 aliphatic carbocycles. The van der Waals surface area contributed by atoms with Gasteiger partial charge in [-0.3, -0.25) is 9.69 Å². The zero-order chi connectivity index (χ0) is 15.2. The van der Waals surface area contributed by atoms with Crippen molar-refractivity contribution in [2.45, 2.75) is 32.0 Å². The number of ether oxygens (including phenoxy) is 1. The minimum Gasteiger partial charge on any atom is -0.491 e. The fraction of sp³-hybridized carbons (Fsp3) is 0.562. The van der Waals surface area contributed by atoms with Gasteiger partial charge in [-0.05, 0) is 38.4 Å². The van der Waals surface area contributed by atoms with E-state index in [4.69, 9.17) is 4.74 Å². The fourth-order valence-corrected chi connectivity index (χ4v) is 2.54. The molecule has 1 aliphatic rings. The van der Waals surface area contributed by atoms with Crippen LogP contribution in [-0.2, 0) is 0 Å². The monoisotopic (exact) mass is 293 g/mol. The van der Waals surface area contributed by atoms with Gasteiger partial charge in [0.15, 0.2) is 5.78 Å². The highest BCUT2D eigenvalue weighted by Crippen LogP contribution is 2.15. The zero-order valence-electron chi connectivity index (χ0n) is 12.4. The lowest BCUT2D eigenvalue weighted by molar-refractivity contribution is 0.0243. The van der Waals surface area contributed by atoms with Gasteiger partial charge in [-0.1, -0.05) is 12.1 Å². The summed E-state index contributed by atoms with van der Waals surface area (Å²) < 4.78 is 5.54. The number of benzene rings is 1. The Morgan fingerprint density at radius 1 is 1.52 bits per heavy atom. The average molecular weight is 293 g/mol. The summed E-state index contributed by atoms with van der Waals surface area (Å²) in [6, 6.07) is 6.95. The molecule has 0 spiro atoms. The minimum atomic E-state index is -0.615. The van der Waals surface area contributed by atoms with Crippen molar-refractivity contribution in [2.75, 3.05) is 26.2 Å². The van der Waals surface area contributed by atoms with Crippen molar-refractivity contribution in [3.63, 3.8) is 0 Å². The Hall–Kier alpha value is -1.43. The second-order valence-electron chi connectivity index (χ2n) is 5.60. The average Bonchev–Trinajstić information content (AvgIpc) is 2.45. The van der Waals surface area contributed by atoms with E-state index in [0.717, 1.165) is 19.4 Å². The van der Waals surface area contributed by atoms with Crippen molar-refractivity contribution >= 4 is 5.78 Å². The van der Waals surface area contributed by atoms with E-state index in [1.54, 1.807) is 24.3 Å². The summed E-state index contributed by atoms with van der Waals surface area (Å²) in [5.74, 6) is 0.573. The molecule has 2 atom stereocenters. The number of hydrogen-bond acceptors (Lipinski definition) is 5. The molecule has 0 bridgehead atoms. The molecule has 0 unspecified atom stereocenters. The van der Waals surface area contributed by atoms with E-state index in [0.29, 0.717) is 24.4 Å². The number of carbonyl (C=O) groups excluding carboxylic acids is 1. The molecule has 2 rings (SSSR count). The van der Waals surface area contributed by atoms with Crippen molar-refractivity contribution in [3.05, 3.63) is 29.8 Å². The minimum absolute atomic E-state index is 0.0108. The number of aliphatic hydroxyl groups is 2. The molecule has 5 nitrogen and oxygen atoms in total. The van der Waals surface area contributed by atoms with Crippen LogP contribution >= 0.6 is 0 Å². The number of piperidine rings is 1. The highest BCUT2D eigenvalue weighted by molar-refractivity contribution is 5.94. The molecule has 1 aromatic carbocycles. The Balaban J connectivity index is 1.79. The van der Waals surface area contributed by atoms with Gasteiger partial charge in [-0.2, -0.15) is 0 Å². The standard InChI is InChI=1S/C16H23NO4/c1-12(18)13-4-2-6-16(8-13)21-11-15(20)10-17-7-3-5-14(19)9-17/h2,4,6,8,14-15,19-20H,3,5,7,9-11H2,1H3/t14-,15-/m1/s1. The van der Waals surface area contributed by atoms with Crippen molar-refractivity contribution in [2.24, 2.45) is 0 Å². The lowest BCUT2D eigenvalue weighted by Gasteiger charge is -2.31. The molecule has 21 heavy (non-hydrogen) atoms. The molecule has 2 N–H and O–H groups in total. The van der Waals surface area contributed by atoms with Gasteiger partial charge < -0.3 is 14.9 Å². The lowest BCUT2D eigenvalue weighted by Crippen LogP contribution is -2.43. The number of aliphatic hydroxyl groups excluding tert-OH is 2. The Morgan fingerprint density at radius 2 is 2.33 bits per heavy atom. The van der Waals surface area contributed by atoms with Crippen molar-refractivity contribution < 1.29 is 19.7 Å². The van der Waals surface area contributed by atoms with Gasteiger partial charge in [0.1, 0.15) is 18.5 Å². The van der Waals surface area contributed by atoms with Gasteiger partial charge in [0.2, 0.25) is 0 Å². The van der Waals surface area contributed by atoms with Gasteiger partial charge in [0, 0.05) is 18.7 Å². The van der Waals surface area contributed by atoms with E-state index in [2.05, 4.69) is 0 Å². The zero-order valence-corrected chi connectivity index (χ0v) is 12.4. The molecular formula is C16H23NO4. The van der Waals surface area contributed by atoms with Gasteiger partial charge in [-0.25, -0.2) is 0 Å². The third-order valence-electron chi connectivity index (χ3n) is 3.63. The first-order valence-electron chi connectivity index (χ1n) is 7.37. The number of β-amino-alcohol motifs (C(OH)–C–C–N with tert-alkyl or cyclic N) is 2.